The predicted molar refractivity (Wildman–Crippen MR) is 221 cm³/mol. The lowest BCUT2D eigenvalue weighted by atomic mass is 10.1. The number of hydrogen-bond acceptors (Lipinski definition) is 12. The summed E-state index contributed by atoms with van der Waals surface area (Å²) >= 11 is 34.9. The van der Waals surface area contributed by atoms with Crippen LogP contribution in [0.5, 0.6) is 0 Å². The number of rotatable bonds is 13. The number of hydrogen-bond donors (Lipinski definition) is 2. The largest absolute Gasteiger partial charge is 0.481 e. The Bertz CT molecular complexity index is 2080. The second kappa shape index (κ2) is 26.2. The van der Waals surface area contributed by atoms with Crippen LogP contribution in [0.1, 0.15) is 75.4 Å². The number of nitrogens with two attached hydrogens (primary N) is 1. The number of aliphatic carboxylic acids is 1. The molecule has 0 radical (unpaired) electrons. The minimum absolute atomic E-state index is 0. The summed E-state index contributed by atoms with van der Waals surface area (Å²) < 4.78 is 10.0. The average molecular weight is 914 g/mol. The van der Waals surface area contributed by atoms with Crippen molar-refractivity contribution in [3.05, 3.63) is 125 Å². The lowest BCUT2D eigenvalue weighted by Crippen LogP contribution is -2.04. The van der Waals surface area contributed by atoms with Crippen LogP contribution < -0.4 is 5.73 Å². The number of oxime groups is 1. The Morgan fingerprint density at radius 3 is 1.41 bits per heavy atom. The van der Waals surface area contributed by atoms with Crippen molar-refractivity contribution < 1.29 is 33.4 Å². The van der Waals surface area contributed by atoms with Gasteiger partial charge in [0.15, 0.2) is 23.2 Å². The van der Waals surface area contributed by atoms with E-state index < -0.39 is 5.97 Å². The maximum Gasteiger partial charge on any atom is 0.303 e. The molecule has 13 nitrogen and oxygen atoms in total. The number of carboxylic acids is 1. The summed E-state index contributed by atoms with van der Waals surface area (Å²) in [7, 11) is 2.99. The molecule has 2 aromatic heterocycles. The van der Waals surface area contributed by atoms with Crippen LogP contribution in [-0.2, 0) is 22.5 Å². The number of Topliss-reactive ketones (excluding diaryl/α,β-unsaturated/α-hetero) is 2. The molecule has 0 bridgehead atoms. The molecule has 0 aliphatic rings. The molecule has 5 aromatic rings. The molecule has 2 heterocycles. The van der Waals surface area contributed by atoms with Crippen molar-refractivity contribution in [2.24, 2.45) is 10.9 Å². The van der Waals surface area contributed by atoms with Crippen LogP contribution in [0.15, 0.2) is 68.8 Å². The van der Waals surface area contributed by atoms with E-state index >= 15 is 0 Å². The maximum atomic E-state index is 11.9. The van der Waals surface area contributed by atoms with E-state index in [0.29, 0.717) is 85.4 Å². The van der Waals surface area contributed by atoms with Gasteiger partial charge in [0, 0.05) is 48.8 Å². The Morgan fingerprint density at radius 1 is 0.643 bits per heavy atom. The molecule has 0 unspecified atom stereocenters. The van der Waals surface area contributed by atoms with Crippen LogP contribution >= 0.6 is 82.0 Å². The number of aryl methyl sites for hydroxylation is 4. The lowest BCUT2D eigenvalue weighted by molar-refractivity contribution is -0.136. The second-order valence-corrected chi connectivity index (χ2v) is 13.3. The quantitative estimate of drug-likeness (QED) is 0.0645. The third-order valence-electron chi connectivity index (χ3n) is 6.78. The predicted octanol–water partition coefficient (Wildman–Crippen LogP) is 10.2. The third-order valence-corrected chi connectivity index (χ3v) is 9.00. The summed E-state index contributed by atoms with van der Waals surface area (Å²) in [5, 5.41) is 22.3. The molecule has 0 aliphatic carbocycles. The Hall–Kier alpha value is -3.79. The zero-order chi connectivity index (χ0) is 41.1. The van der Waals surface area contributed by atoms with Crippen LogP contribution in [0.2, 0.25) is 30.1 Å². The van der Waals surface area contributed by atoms with Gasteiger partial charge in [0.25, 0.3) is 0 Å². The van der Waals surface area contributed by atoms with Gasteiger partial charge >= 0.3 is 5.97 Å². The van der Waals surface area contributed by atoms with Crippen molar-refractivity contribution >= 4 is 105 Å². The fourth-order valence-electron chi connectivity index (χ4n) is 4.21. The SMILES string of the molecule is CN.CO/N=C(\CCc1nc(C)no1)c1ccc(Cl)c(Cl)c1.Cc1noc(CCC(=O)c2ccc(Cl)c(Cl)c2)n1.Cl.O=C(O)CCC(=O)c1ccc(Cl)c(Cl)c1. The van der Waals surface area contributed by atoms with Crippen molar-refractivity contribution in [1.29, 1.82) is 0 Å². The number of benzene rings is 3. The molecule has 0 amide bonds. The molecule has 3 aromatic carbocycles. The van der Waals surface area contributed by atoms with Gasteiger partial charge in [0.05, 0.1) is 42.3 Å². The number of nitrogens with zero attached hydrogens (tertiary/aromatic N) is 5. The van der Waals surface area contributed by atoms with Gasteiger partial charge < -0.3 is 24.7 Å². The first-order valence-corrected chi connectivity index (χ1v) is 18.3. The summed E-state index contributed by atoms with van der Waals surface area (Å²) in [4.78, 5) is 46.6. The van der Waals surface area contributed by atoms with E-state index in [4.69, 9.17) is 88.6 Å². The first-order valence-electron chi connectivity index (χ1n) is 16.1. The normalized spacial score (nSPS) is 10.4. The van der Waals surface area contributed by atoms with Gasteiger partial charge in [-0.2, -0.15) is 9.97 Å². The van der Waals surface area contributed by atoms with Gasteiger partial charge in [-0.25, -0.2) is 0 Å². The summed E-state index contributed by atoms with van der Waals surface area (Å²) in [6.07, 6.45) is 1.66. The minimum atomic E-state index is -0.997. The van der Waals surface area contributed by atoms with E-state index in [1.54, 1.807) is 44.2 Å². The molecule has 20 heteroatoms. The molecular weight excluding hydrogens is 877 g/mol. The minimum Gasteiger partial charge on any atom is -0.481 e. The average Bonchev–Trinajstić information content (AvgIpc) is 3.79. The fraction of sp³-hybridized carbons (Fsp3) is 0.278. The van der Waals surface area contributed by atoms with Gasteiger partial charge in [0.2, 0.25) is 11.8 Å². The van der Waals surface area contributed by atoms with Gasteiger partial charge in [-0.1, -0.05) is 91.1 Å². The summed E-state index contributed by atoms with van der Waals surface area (Å²) in [6, 6.07) is 14.6. The molecule has 0 spiro atoms. The molecule has 5 rings (SSSR count). The van der Waals surface area contributed by atoms with Crippen LogP contribution in [0.25, 0.3) is 0 Å². The number of aromatic nitrogens is 4. The zero-order valence-corrected chi connectivity index (χ0v) is 35.7. The van der Waals surface area contributed by atoms with Crippen molar-refractivity contribution in [3.63, 3.8) is 0 Å². The molecular formula is C36H37Cl7N6O7. The van der Waals surface area contributed by atoms with Crippen molar-refractivity contribution in [1.82, 2.24) is 20.3 Å². The standard InChI is InChI=1S/C13H13Cl2N3O2.C12H10Cl2N2O2.C10H8Cl2O3.CH5N.ClH/c1-8-16-13(20-17-8)6-5-12(18-19-2)9-3-4-10(14)11(15)7-9;1-7-15-12(18-16-7)5-4-11(17)8-2-3-9(13)10(14)6-8;11-7-2-1-6(5-8(7)12)9(13)3-4-10(14)15;1-2;/h3-4,7H,5-6H2,1-2H3;2-3,6H,4-5H2,1H3;1-2,5H,3-4H2,(H,14,15);2H2,1H3;1H/b18-12+;;;;. The van der Waals surface area contributed by atoms with E-state index in [2.05, 4.69) is 31.2 Å². The number of carbonyl (C=O) groups is 3. The third kappa shape index (κ3) is 17.6. The van der Waals surface area contributed by atoms with E-state index in [1.165, 1.54) is 32.4 Å². The molecule has 3 N–H and O–H groups in total. The number of ketones is 2. The molecule has 0 atom stereocenters. The van der Waals surface area contributed by atoms with Crippen LogP contribution in [0.4, 0.5) is 0 Å². The molecule has 0 saturated heterocycles. The number of carbonyl (C=O) groups excluding carboxylic acids is 2. The maximum absolute atomic E-state index is 11.9. The molecule has 0 saturated carbocycles. The van der Waals surface area contributed by atoms with E-state index in [0.717, 1.165) is 11.3 Å². The Kier molecular flexibility index (Phi) is 23.5. The Morgan fingerprint density at radius 2 is 1.04 bits per heavy atom. The van der Waals surface area contributed by atoms with Crippen molar-refractivity contribution in [2.75, 3.05) is 14.2 Å². The monoisotopic (exact) mass is 910 g/mol. The van der Waals surface area contributed by atoms with E-state index in [-0.39, 0.29) is 41.8 Å². The second-order valence-electron chi connectivity index (χ2n) is 10.8. The van der Waals surface area contributed by atoms with Gasteiger partial charge in [0.1, 0.15) is 7.11 Å². The smallest absolute Gasteiger partial charge is 0.303 e. The van der Waals surface area contributed by atoms with Crippen LogP contribution in [-0.4, -0.2) is 62.8 Å². The van der Waals surface area contributed by atoms with Crippen molar-refractivity contribution in [3.8, 4) is 0 Å². The van der Waals surface area contributed by atoms with E-state index in [9.17, 15) is 14.4 Å². The van der Waals surface area contributed by atoms with E-state index in [1.807, 2.05) is 6.07 Å². The first kappa shape index (κ1) is 50.2. The van der Waals surface area contributed by atoms with Crippen LogP contribution in [0, 0.1) is 13.8 Å². The highest BCUT2D eigenvalue weighted by Crippen LogP contribution is 2.25. The Labute approximate surface area is 359 Å². The van der Waals surface area contributed by atoms with Crippen molar-refractivity contribution in [2.45, 2.75) is 52.4 Å². The van der Waals surface area contributed by atoms with Gasteiger partial charge in [-0.15, -0.1) is 12.4 Å². The van der Waals surface area contributed by atoms with Gasteiger partial charge in [-0.05, 0) is 69.4 Å². The number of carboxylic acid groups (broad SMARTS) is 1. The summed E-state index contributed by atoms with van der Waals surface area (Å²) in [5.41, 5.74) is 6.99. The zero-order valence-electron chi connectivity index (χ0n) is 30.3. The molecule has 56 heavy (non-hydrogen) atoms. The number of halogens is 7. The Balaban J connectivity index is 0.000000411. The highest BCUT2D eigenvalue weighted by molar-refractivity contribution is 6.43. The highest BCUT2D eigenvalue weighted by Gasteiger charge is 2.13. The summed E-state index contributed by atoms with van der Waals surface area (Å²) in [5.74, 6) is 0.905. The van der Waals surface area contributed by atoms with Crippen LogP contribution in [0.3, 0.4) is 0 Å². The molecule has 302 valence electrons. The fourth-order valence-corrected chi connectivity index (χ4v) is 5.10. The molecule has 0 fully saturated rings. The highest BCUT2D eigenvalue weighted by atomic mass is 35.5. The summed E-state index contributed by atoms with van der Waals surface area (Å²) in [6.45, 7) is 3.50. The van der Waals surface area contributed by atoms with Gasteiger partial charge in [-0.3, -0.25) is 14.4 Å². The topological polar surface area (TPSA) is 197 Å². The lowest BCUT2D eigenvalue weighted by Gasteiger charge is -2.06. The molecule has 0 aliphatic heterocycles. The first-order chi connectivity index (χ1) is 26.2.